The van der Waals surface area contributed by atoms with Crippen molar-refractivity contribution in [3.63, 3.8) is 0 Å². The topological polar surface area (TPSA) is 25.2 Å². The molecule has 1 aromatic carbocycles. The zero-order valence-corrected chi connectivity index (χ0v) is 16.4. The normalized spacial score (nSPS) is 16.4. The van der Waals surface area contributed by atoms with E-state index in [0.717, 1.165) is 22.6 Å². The molecule has 0 spiro atoms. The SMILES string of the molecule is CCN1C(=O)/C(=C/c2cc(C)n(-c3ccc(F)c(Cl)c3)c2C)SC1=S. The summed E-state index contributed by atoms with van der Waals surface area (Å²) in [6.07, 6.45) is 1.86. The van der Waals surface area contributed by atoms with Crippen molar-refractivity contribution in [1.82, 2.24) is 9.47 Å². The summed E-state index contributed by atoms with van der Waals surface area (Å²) < 4.78 is 16.0. The van der Waals surface area contributed by atoms with Crippen LogP contribution in [-0.2, 0) is 4.79 Å². The quantitative estimate of drug-likeness (QED) is 0.534. The molecule has 1 aliphatic heterocycles. The maximum absolute atomic E-state index is 13.4. The number of amides is 1. The number of hydrogen-bond acceptors (Lipinski definition) is 3. The van der Waals surface area contributed by atoms with E-state index in [1.807, 2.05) is 37.5 Å². The number of halogens is 2. The van der Waals surface area contributed by atoms with Gasteiger partial charge in [-0.3, -0.25) is 9.69 Å². The zero-order chi connectivity index (χ0) is 18.3. The molecule has 0 N–H and O–H groups in total. The van der Waals surface area contributed by atoms with Crippen LogP contribution in [0, 0.1) is 19.7 Å². The van der Waals surface area contributed by atoms with Gasteiger partial charge in [0.25, 0.3) is 5.91 Å². The molecule has 0 aliphatic carbocycles. The summed E-state index contributed by atoms with van der Waals surface area (Å²) in [6.45, 7) is 6.38. The third kappa shape index (κ3) is 3.26. The van der Waals surface area contributed by atoms with Crippen molar-refractivity contribution in [1.29, 1.82) is 0 Å². The molecule has 0 bridgehead atoms. The average Bonchev–Trinajstić information content (AvgIpc) is 2.99. The lowest BCUT2D eigenvalue weighted by atomic mass is 10.2. The molecule has 2 heterocycles. The first kappa shape index (κ1) is 18.2. The minimum atomic E-state index is -0.448. The molecule has 1 aliphatic rings. The number of thiocarbonyl (C=S) groups is 1. The Balaban J connectivity index is 2.03. The number of nitrogens with zero attached hydrogens (tertiary/aromatic N) is 2. The van der Waals surface area contributed by atoms with E-state index >= 15 is 0 Å². The number of aromatic nitrogens is 1. The van der Waals surface area contributed by atoms with Gasteiger partial charge >= 0.3 is 0 Å². The first-order valence-electron chi connectivity index (χ1n) is 7.73. The van der Waals surface area contributed by atoms with Gasteiger partial charge in [-0.1, -0.05) is 35.6 Å². The van der Waals surface area contributed by atoms with Crippen LogP contribution in [0.4, 0.5) is 4.39 Å². The van der Waals surface area contributed by atoms with Crippen molar-refractivity contribution in [2.75, 3.05) is 6.54 Å². The Morgan fingerprint density at radius 2 is 2.04 bits per heavy atom. The van der Waals surface area contributed by atoms with Crippen LogP contribution in [0.2, 0.25) is 5.02 Å². The molecule has 0 saturated carbocycles. The molecule has 130 valence electrons. The van der Waals surface area contributed by atoms with Gasteiger partial charge in [0.2, 0.25) is 0 Å². The van der Waals surface area contributed by atoms with Crippen LogP contribution < -0.4 is 0 Å². The van der Waals surface area contributed by atoms with Crippen LogP contribution in [0.15, 0.2) is 29.2 Å². The summed E-state index contributed by atoms with van der Waals surface area (Å²) in [5.74, 6) is -0.511. The number of carbonyl (C=O) groups is 1. The number of benzene rings is 1. The molecule has 0 radical (unpaired) electrons. The molecular formula is C18H16ClFN2OS2. The molecule has 25 heavy (non-hydrogen) atoms. The molecule has 2 aromatic rings. The standard InChI is InChI=1S/C18H16ClFN2OS2/c1-4-21-17(23)16(25-18(21)24)8-12-7-10(2)22(11(12)3)13-5-6-15(20)14(19)9-13/h5-9H,4H2,1-3H3/b16-8-. The van der Waals surface area contributed by atoms with Crippen molar-refractivity contribution >= 4 is 51.9 Å². The van der Waals surface area contributed by atoms with E-state index < -0.39 is 5.82 Å². The number of aryl methyl sites for hydroxylation is 1. The Bertz CT molecular complexity index is 920. The van der Waals surface area contributed by atoms with Crippen LogP contribution in [-0.4, -0.2) is 26.2 Å². The summed E-state index contributed by atoms with van der Waals surface area (Å²) in [4.78, 5) is 14.6. The zero-order valence-electron chi connectivity index (χ0n) is 14.0. The predicted molar refractivity (Wildman–Crippen MR) is 106 cm³/mol. The van der Waals surface area contributed by atoms with Crippen molar-refractivity contribution < 1.29 is 9.18 Å². The summed E-state index contributed by atoms with van der Waals surface area (Å²) >= 11 is 12.5. The van der Waals surface area contributed by atoms with Crippen molar-refractivity contribution in [2.45, 2.75) is 20.8 Å². The smallest absolute Gasteiger partial charge is 0.266 e. The highest BCUT2D eigenvalue weighted by Crippen LogP contribution is 2.34. The lowest BCUT2D eigenvalue weighted by Gasteiger charge is -2.10. The van der Waals surface area contributed by atoms with Crippen molar-refractivity contribution in [3.8, 4) is 5.69 Å². The molecule has 1 aromatic heterocycles. The number of likely N-dealkylation sites (N-methyl/N-ethyl adjacent to an activating group) is 1. The van der Waals surface area contributed by atoms with E-state index in [1.54, 1.807) is 17.0 Å². The summed E-state index contributed by atoms with van der Waals surface area (Å²) in [7, 11) is 0. The maximum atomic E-state index is 13.4. The van der Waals surface area contributed by atoms with E-state index in [2.05, 4.69) is 0 Å². The van der Waals surface area contributed by atoms with Gasteiger partial charge in [-0.15, -0.1) is 0 Å². The number of carbonyl (C=O) groups excluding carboxylic acids is 1. The maximum Gasteiger partial charge on any atom is 0.266 e. The van der Waals surface area contributed by atoms with Crippen LogP contribution in [0.1, 0.15) is 23.9 Å². The van der Waals surface area contributed by atoms with Crippen LogP contribution in [0.5, 0.6) is 0 Å². The number of rotatable bonds is 3. The lowest BCUT2D eigenvalue weighted by Crippen LogP contribution is -2.27. The highest BCUT2D eigenvalue weighted by molar-refractivity contribution is 8.26. The summed E-state index contributed by atoms with van der Waals surface area (Å²) in [6, 6.07) is 6.62. The van der Waals surface area contributed by atoms with E-state index in [1.165, 1.54) is 17.8 Å². The molecule has 1 fully saturated rings. The molecule has 0 atom stereocenters. The molecule has 1 saturated heterocycles. The van der Waals surface area contributed by atoms with Gasteiger partial charge in [-0.2, -0.15) is 0 Å². The monoisotopic (exact) mass is 394 g/mol. The van der Waals surface area contributed by atoms with E-state index in [9.17, 15) is 9.18 Å². The van der Waals surface area contributed by atoms with Gasteiger partial charge < -0.3 is 4.57 Å². The van der Waals surface area contributed by atoms with Gasteiger partial charge in [0.15, 0.2) is 0 Å². The van der Waals surface area contributed by atoms with Gasteiger partial charge in [-0.25, -0.2) is 4.39 Å². The van der Waals surface area contributed by atoms with Gasteiger partial charge in [0.1, 0.15) is 10.1 Å². The second-order valence-corrected chi connectivity index (χ2v) is 7.77. The van der Waals surface area contributed by atoms with E-state index in [0.29, 0.717) is 15.8 Å². The van der Waals surface area contributed by atoms with Crippen LogP contribution in [0.25, 0.3) is 11.8 Å². The number of hydrogen-bond donors (Lipinski definition) is 0. The third-order valence-electron chi connectivity index (χ3n) is 4.11. The Hall–Kier alpha value is -1.63. The first-order chi connectivity index (χ1) is 11.8. The van der Waals surface area contributed by atoms with E-state index in [4.69, 9.17) is 23.8 Å². The Morgan fingerprint density at radius 3 is 2.64 bits per heavy atom. The van der Waals surface area contributed by atoms with Crippen LogP contribution >= 0.6 is 35.6 Å². The fourth-order valence-corrected chi connectivity index (χ4v) is 4.42. The molecule has 3 rings (SSSR count). The van der Waals surface area contributed by atoms with Gasteiger partial charge in [-0.05, 0) is 56.7 Å². The Kier molecular flexibility index (Phi) is 5.04. The fourth-order valence-electron chi connectivity index (χ4n) is 2.87. The summed E-state index contributed by atoms with van der Waals surface area (Å²) in [5, 5.41) is 0.0790. The lowest BCUT2D eigenvalue weighted by molar-refractivity contribution is -0.121. The highest BCUT2D eigenvalue weighted by atomic mass is 35.5. The summed E-state index contributed by atoms with van der Waals surface area (Å²) in [5.41, 5.74) is 3.62. The Labute approximate surface area is 160 Å². The minimum Gasteiger partial charge on any atom is -0.318 e. The third-order valence-corrected chi connectivity index (χ3v) is 5.78. The fraction of sp³-hybridized carbons (Fsp3) is 0.222. The van der Waals surface area contributed by atoms with Gasteiger partial charge in [0, 0.05) is 23.6 Å². The van der Waals surface area contributed by atoms with Crippen molar-refractivity contribution in [3.05, 3.63) is 57.0 Å². The first-order valence-corrected chi connectivity index (χ1v) is 9.33. The minimum absolute atomic E-state index is 0.0628. The molecule has 3 nitrogen and oxygen atoms in total. The molecular weight excluding hydrogens is 379 g/mol. The molecule has 1 amide bonds. The number of thioether (sulfide) groups is 1. The van der Waals surface area contributed by atoms with Gasteiger partial charge in [0.05, 0.1) is 9.93 Å². The highest BCUT2D eigenvalue weighted by Gasteiger charge is 2.30. The van der Waals surface area contributed by atoms with Crippen LogP contribution in [0.3, 0.4) is 0 Å². The van der Waals surface area contributed by atoms with E-state index in [-0.39, 0.29) is 10.9 Å². The largest absolute Gasteiger partial charge is 0.318 e. The average molecular weight is 395 g/mol. The Morgan fingerprint density at radius 1 is 1.32 bits per heavy atom. The van der Waals surface area contributed by atoms with Crippen molar-refractivity contribution in [2.24, 2.45) is 0 Å². The molecule has 0 unspecified atom stereocenters. The molecule has 7 heteroatoms. The second-order valence-electron chi connectivity index (χ2n) is 5.69. The predicted octanol–water partition coefficient (Wildman–Crippen LogP) is 5.11. The second kappa shape index (κ2) is 6.94.